The van der Waals surface area contributed by atoms with Gasteiger partial charge in [-0.3, -0.25) is 0 Å². The van der Waals surface area contributed by atoms with Crippen molar-refractivity contribution in [3.63, 3.8) is 0 Å². The van der Waals surface area contributed by atoms with Gasteiger partial charge < -0.3 is 4.90 Å². The summed E-state index contributed by atoms with van der Waals surface area (Å²) in [6.07, 6.45) is 0. The monoisotopic (exact) mass is 741 g/mol. The first-order valence-corrected chi connectivity index (χ1v) is 20.2. The van der Waals surface area contributed by atoms with Crippen molar-refractivity contribution in [1.29, 1.82) is 0 Å². The van der Waals surface area contributed by atoms with Crippen molar-refractivity contribution in [1.82, 2.24) is 0 Å². The SMILES string of the molecule is CC1(C)c2cc(N(c3ccc(-c4ccccc4)cc3)c3ccc(-c4ccccc4)cc3)c(-c3cccc(-c4ccccc4)c3)cc2-c2c(-c3ccccc3)cccc21. The molecule has 0 atom stereocenters. The summed E-state index contributed by atoms with van der Waals surface area (Å²) in [4.78, 5) is 2.46. The zero-order valence-corrected chi connectivity index (χ0v) is 32.8. The van der Waals surface area contributed by atoms with E-state index in [4.69, 9.17) is 0 Å². The van der Waals surface area contributed by atoms with Crippen molar-refractivity contribution in [2.24, 2.45) is 0 Å². The molecule has 1 aliphatic rings. The molecule has 0 spiro atoms. The summed E-state index contributed by atoms with van der Waals surface area (Å²) >= 11 is 0. The van der Waals surface area contributed by atoms with Crippen LogP contribution in [-0.4, -0.2) is 0 Å². The first kappa shape index (κ1) is 35.2. The third-order valence-electron chi connectivity index (χ3n) is 11.9. The number of fused-ring (bicyclic) bond motifs is 3. The molecule has 1 nitrogen and oxygen atoms in total. The van der Waals surface area contributed by atoms with Crippen LogP contribution in [0.5, 0.6) is 0 Å². The van der Waals surface area contributed by atoms with Crippen LogP contribution < -0.4 is 4.90 Å². The second-order valence-electron chi connectivity index (χ2n) is 15.7. The number of hydrogen-bond acceptors (Lipinski definition) is 1. The molecule has 0 unspecified atom stereocenters. The Hall–Kier alpha value is -7.22. The molecule has 58 heavy (non-hydrogen) atoms. The zero-order chi connectivity index (χ0) is 39.1. The molecule has 1 aliphatic carbocycles. The van der Waals surface area contributed by atoms with E-state index in [2.05, 4.69) is 243 Å². The molecule has 0 N–H and O–H groups in total. The van der Waals surface area contributed by atoms with Gasteiger partial charge in [-0.2, -0.15) is 0 Å². The Bertz CT molecular complexity index is 2770. The standard InChI is InChI=1S/C57H43N/c1-57(2)53-28-16-27-50(45-23-13-6-14-24-45)56(53)52-38-51(47-26-15-25-46(37-47)42-21-11-5-12-22-42)55(39-54(52)57)58(48-33-29-43(30-34-48)40-17-7-3-8-18-40)49-35-31-44(32-36-49)41-19-9-4-10-20-41/h3-39H,1-2H3. The van der Waals surface area contributed by atoms with Crippen LogP contribution in [0.2, 0.25) is 0 Å². The van der Waals surface area contributed by atoms with E-state index in [9.17, 15) is 0 Å². The van der Waals surface area contributed by atoms with Crippen molar-refractivity contribution >= 4 is 17.1 Å². The summed E-state index contributed by atoms with van der Waals surface area (Å²) < 4.78 is 0. The Morgan fingerprint density at radius 3 is 1.26 bits per heavy atom. The average Bonchev–Trinajstić information content (AvgIpc) is 3.53. The number of benzene rings is 9. The minimum atomic E-state index is -0.228. The Balaban J connectivity index is 1.23. The molecule has 10 rings (SSSR count). The van der Waals surface area contributed by atoms with Gasteiger partial charge in [0.15, 0.2) is 0 Å². The van der Waals surface area contributed by atoms with Gasteiger partial charge in [-0.25, -0.2) is 0 Å². The highest BCUT2D eigenvalue weighted by atomic mass is 15.1. The normalized spacial score (nSPS) is 12.4. The van der Waals surface area contributed by atoms with E-state index in [0.717, 1.165) is 17.1 Å². The topological polar surface area (TPSA) is 3.24 Å². The van der Waals surface area contributed by atoms with Crippen LogP contribution in [0.1, 0.15) is 25.0 Å². The number of hydrogen-bond donors (Lipinski definition) is 0. The third kappa shape index (κ3) is 6.32. The summed E-state index contributed by atoms with van der Waals surface area (Å²) in [7, 11) is 0. The zero-order valence-electron chi connectivity index (χ0n) is 32.8. The fraction of sp³-hybridized carbons (Fsp3) is 0.0526. The van der Waals surface area contributed by atoms with Crippen LogP contribution in [0.25, 0.3) is 66.8 Å². The van der Waals surface area contributed by atoms with Crippen LogP contribution in [0, 0.1) is 0 Å². The molecule has 0 heterocycles. The van der Waals surface area contributed by atoms with Crippen molar-refractivity contribution in [2.75, 3.05) is 4.90 Å². The minimum Gasteiger partial charge on any atom is -0.310 e. The largest absolute Gasteiger partial charge is 0.310 e. The molecule has 0 aliphatic heterocycles. The van der Waals surface area contributed by atoms with E-state index >= 15 is 0 Å². The third-order valence-corrected chi connectivity index (χ3v) is 11.9. The highest BCUT2D eigenvalue weighted by molar-refractivity contribution is 5.99. The summed E-state index contributed by atoms with van der Waals surface area (Å²) in [5, 5.41) is 0. The molecule has 0 fully saturated rings. The molecule has 0 bridgehead atoms. The quantitative estimate of drug-likeness (QED) is 0.150. The maximum atomic E-state index is 2.49. The Morgan fingerprint density at radius 2 is 0.724 bits per heavy atom. The lowest BCUT2D eigenvalue weighted by atomic mass is 9.81. The van der Waals surface area contributed by atoms with Crippen LogP contribution in [0.15, 0.2) is 224 Å². The molecule has 9 aromatic carbocycles. The van der Waals surface area contributed by atoms with E-state index in [1.807, 2.05) is 0 Å². The van der Waals surface area contributed by atoms with Crippen LogP contribution in [0.4, 0.5) is 17.1 Å². The molecule has 0 aromatic heterocycles. The number of rotatable bonds is 8. The van der Waals surface area contributed by atoms with Gasteiger partial charge in [-0.1, -0.05) is 196 Å². The molecule has 276 valence electrons. The highest BCUT2D eigenvalue weighted by Gasteiger charge is 2.38. The number of nitrogens with zero attached hydrogens (tertiary/aromatic N) is 1. The molecule has 0 radical (unpaired) electrons. The molecule has 1 heteroatoms. The predicted octanol–water partition coefficient (Wildman–Crippen LogP) is 15.8. The fourth-order valence-corrected chi connectivity index (χ4v) is 8.89. The molecular weight excluding hydrogens is 699 g/mol. The van der Waals surface area contributed by atoms with E-state index < -0.39 is 0 Å². The average molecular weight is 742 g/mol. The lowest BCUT2D eigenvalue weighted by Gasteiger charge is -2.31. The minimum absolute atomic E-state index is 0.228. The Labute approximate surface area is 342 Å². The van der Waals surface area contributed by atoms with Gasteiger partial charge in [0.2, 0.25) is 0 Å². The van der Waals surface area contributed by atoms with Gasteiger partial charge in [0, 0.05) is 22.4 Å². The van der Waals surface area contributed by atoms with E-state index in [1.165, 1.54) is 77.9 Å². The van der Waals surface area contributed by atoms with Crippen LogP contribution in [-0.2, 0) is 5.41 Å². The lowest BCUT2D eigenvalue weighted by Crippen LogP contribution is -2.17. The Kier molecular flexibility index (Phi) is 8.92. The van der Waals surface area contributed by atoms with Crippen LogP contribution >= 0.6 is 0 Å². The molecule has 9 aromatic rings. The van der Waals surface area contributed by atoms with Gasteiger partial charge in [-0.15, -0.1) is 0 Å². The van der Waals surface area contributed by atoms with Gasteiger partial charge in [0.1, 0.15) is 0 Å². The number of anilines is 3. The van der Waals surface area contributed by atoms with Gasteiger partial charge in [0.25, 0.3) is 0 Å². The van der Waals surface area contributed by atoms with E-state index in [0.29, 0.717) is 0 Å². The summed E-state index contributed by atoms with van der Waals surface area (Å²) in [5.41, 5.74) is 20.5. The second-order valence-corrected chi connectivity index (χ2v) is 15.7. The van der Waals surface area contributed by atoms with Crippen molar-refractivity contribution in [3.8, 4) is 66.8 Å². The molecule has 0 saturated heterocycles. The first-order valence-electron chi connectivity index (χ1n) is 20.2. The molecular formula is C57H43N. The van der Waals surface area contributed by atoms with E-state index in [-0.39, 0.29) is 5.41 Å². The van der Waals surface area contributed by atoms with Crippen molar-refractivity contribution in [2.45, 2.75) is 19.3 Å². The fourth-order valence-electron chi connectivity index (χ4n) is 8.89. The van der Waals surface area contributed by atoms with Gasteiger partial charge >= 0.3 is 0 Å². The Morgan fingerprint density at radius 1 is 0.293 bits per heavy atom. The summed E-state index contributed by atoms with van der Waals surface area (Å²) in [5.74, 6) is 0. The predicted molar refractivity (Wildman–Crippen MR) is 246 cm³/mol. The first-order chi connectivity index (χ1) is 28.5. The lowest BCUT2D eigenvalue weighted by molar-refractivity contribution is 0.660. The molecule has 0 saturated carbocycles. The van der Waals surface area contributed by atoms with E-state index in [1.54, 1.807) is 0 Å². The van der Waals surface area contributed by atoms with Gasteiger partial charge in [-0.05, 0) is 115 Å². The highest BCUT2D eigenvalue weighted by Crippen LogP contribution is 2.56. The summed E-state index contributed by atoms with van der Waals surface area (Å²) in [6.45, 7) is 4.78. The van der Waals surface area contributed by atoms with Crippen LogP contribution in [0.3, 0.4) is 0 Å². The summed E-state index contributed by atoms with van der Waals surface area (Å²) in [6, 6.07) is 81.9. The van der Waals surface area contributed by atoms with Crippen molar-refractivity contribution < 1.29 is 0 Å². The van der Waals surface area contributed by atoms with Gasteiger partial charge in [0.05, 0.1) is 5.69 Å². The molecule has 0 amide bonds. The second kappa shape index (κ2) is 14.7. The van der Waals surface area contributed by atoms with Crippen molar-refractivity contribution in [3.05, 3.63) is 236 Å². The smallest absolute Gasteiger partial charge is 0.0543 e. The maximum absolute atomic E-state index is 2.49. The maximum Gasteiger partial charge on any atom is 0.0543 e.